The molecule has 0 unspecified atom stereocenters. The number of carbonyl (C=O) groups is 1. The Kier molecular flexibility index (Phi) is 6.08. The van der Waals surface area contributed by atoms with Gasteiger partial charge in [0.25, 0.3) is 5.91 Å². The number of nitrogens with one attached hydrogen (secondary N) is 1. The van der Waals surface area contributed by atoms with Crippen LogP contribution in [0.1, 0.15) is 22.7 Å². The van der Waals surface area contributed by atoms with Gasteiger partial charge in [0.05, 0.1) is 6.04 Å². The second-order valence-electron chi connectivity index (χ2n) is 6.02. The van der Waals surface area contributed by atoms with Gasteiger partial charge in [-0.25, -0.2) is 0 Å². The van der Waals surface area contributed by atoms with Crippen LogP contribution >= 0.6 is 15.9 Å². The van der Waals surface area contributed by atoms with Gasteiger partial charge in [0.1, 0.15) is 5.75 Å². The maximum absolute atomic E-state index is 12.5. The second-order valence-corrected chi connectivity index (χ2v) is 6.88. The van der Waals surface area contributed by atoms with Crippen molar-refractivity contribution in [3.8, 4) is 5.75 Å². The van der Waals surface area contributed by atoms with Crippen molar-refractivity contribution in [2.24, 2.45) is 0 Å². The third kappa shape index (κ3) is 4.73. The monoisotopic (exact) mass is 409 g/mol. The molecule has 0 saturated heterocycles. The molecule has 3 aromatic carbocycles. The van der Waals surface area contributed by atoms with E-state index in [2.05, 4.69) is 21.2 Å². The van der Waals surface area contributed by atoms with Crippen molar-refractivity contribution in [1.29, 1.82) is 0 Å². The highest BCUT2D eigenvalue weighted by atomic mass is 79.9. The largest absolute Gasteiger partial charge is 0.484 e. The van der Waals surface area contributed by atoms with Crippen LogP contribution in [0, 0.1) is 6.92 Å². The molecule has 3 aromatic rings. The molecule has 3 nitrogen and oxygen atoms in total. The first-order valence-corrected chi connectivity index (χ1v) is 9.21. The van der Waals surface area contributed by atoms with E-state index in [1.165, 1.54) is 0 Å². The van der Waals surface area contributed by atoms with E-state index < -0.39 is 0 Å². The number of hydrogen-bond acceptors (Lipinski definition) is 2. The molecule has 3 rings (SSSR count). The van der Waals surface area contributed by atoms with Crippen LogP contribution in [-0.2, 0) is 4.79 Å². The Morgan fingerprint density at radius 2 is 1.54 bits per heavy atom. The summed E-state index contributed by atoms with van der Waals surface area (Å²) in [5.41, 5.74) is 3.13. The van der Waals surface area contributed by atoms with Crippen LogP contribution < -0.4 is 10.1 Å². The minimum absolute atomic E-state index is 0.0305. The molecule has 0 aromatic heterocycles. The van der Waals surface area contributed by atoms with E-state index in [1.807, 2.05) is 85.8 Å². The van der Waals surface area contributed by atoms with Crippen molar-refractivity contribution in [2.75, 3.05) is 6.61 Å². The Balaban J connectivity index is 1.70. The Morgan fingerprint density at radius 3 is 2.08 bits per heavy atom. The van der Waals surface area contributed by atoms with Gasteiger partial charge >= 0.3 is 0 Å². The third-order valence-corrected chi connectivity index (χ3v) is 4.96. The highest BCUT2D eigenvalue weighted by Gasteiger charge is 2.16. The predicted octanol–water partition coefficient (Wildman–Crippen LogP) is 5.04. The molecule has 0 aliphatic carbocycles. The summed E-state index contributed by atoms with van der Waals surface area (Å²) in [6, 6.07) is 25.3. The molecular weight excluding hydrogens is 390 g/mol. The van der Waals surface area contributed by atoms with Crippen LogP contribution in [0.4, 0.5) is 0 Å². The second kappa shape index (κ2) is 8.68. The summed E-state index contributed by atoms with van der Waals surface area (Å²) in [5, 5.41) is 3.07. The molecule has 0 radical (unpaired) electrons. The number of rotatable bonds is 6. The Labute approximate surface area is 162 Å². The predicted molar refractivity (Wildman–Crippen MR) is 107 cm³/mol. The molecule has 0 aliphatic heterocycles. The molecule has 0 atom stereocenters. The van der Waals surface area contributed by atoms with Gasteiger partial charge in [-0.15, -0.1) is 0 Å². The van der Waals surface area contributed by atoms with Crippen LogP contribution in [0.5, 0.6) is 5.75 Å². The molecule has 0 heterocycles. The SMILES string of the molecule is Cc1cc(OCC(=O)NC(c2ccccc2)c2ccccc2)ccc1Br. The fourth-order valence-electron chi connectivity index (χ4n) is 2.71. The smallest absolute Gasteiger partial charge is 0.258 e. The summed E-state index contributed by atoms with van der Waals surface area (Å²) in [7, 11) is 0. The van der Waals surface area contributed by atoms with Crippen molar-refractivity contribution >= 4 is 21.8 Å². The van der Waals surface area contributed by atoms with E-state index in [-0.39, 0.29) is 18.6 Å². The summed E-state index contributed by atoms with van der Waals surface area (Å²) in [5.74, 6) is 0.514. The zero-order chi connectivity index (χ0) is 18.4. The van der Waals surface area contributed by atoms with Gasteiger partial charge < -0.3 is 10.1 Å². The lowest BCUT2D eigenvalue weighted by Gasteiger charge is -2.20. The van der Waals surface area contributed by atoms with E-state index >= 15 is 0 Å². The number of aryl methyl sites for hydroxylation is 1. The maximum Gasteiger partial charge on any atom is 0.258 e. The fourth-order valence-corrected chi connectivity index (χ4v) is 2.96. The molecule has 26 heavy (non-hydrogen) atoms. The number of carbonyl (C=O) groups excluding carboxylic acids is 1. The van der Waals surface area contributed by atoms with Crippen molar-refractivity contribution < 1.29 is 9.53 Å². The van der Waals surface area contributed by atoms with E-state index in [1.54, 1.807) is 0 Å². The summed E-state index contributed by atoms with van der Waals surface area (Å²) >= 11 is 3.46. The molecule has 0 aliphatic rings. The van der Waals surface area contributed by atoms with Crippen LogP contribution in [0.15, 0.2) is 83.3 Å². The summed E-state index contributed by atoms with van der Waals surface area (Å²) < 4.78 is 6.66. The first-order valence-electron chi connectivity index (χ1n) is 8.41. The normalized spacial score (nSPS) is 10.6. The van der Waals surface area contributed by atoms with Crippen LogP contribution in [0.3, 0.4) is 0 Å². The highest BCUT2D eigenvalue weighted by molar-refractivity contribution is 9.10. The quantitative estimate of drug-likeness (QED) is 0.618. The number of benzene rings is 3. The zero-order valence-corrected chi connectivity index (χ0v) is 16.1. The van der Waals surface area contributed by atoms with Crippen LogP contribution in [0.25, 0.3) is 0 Å². The van der Waals surface area contributed by atoms with Gasteiger partial charge in [-0.05, 0) is 41.8 Å². The minimum atomic E-state index is -0.208. The standard InChI is InChI=1S/C22H20BrNO2/c1-16-14-19(12-13-20(16)23)26-15-21(25)24-22(17-8-4-2-5-9-17)18-10-6-3-7-11-18/h2-14,22H,15H2,1H3,(H,24,25). The zero-order valence-electron chi connectivity index (χ0n) is 14.5. The van der Waals surface area contributed by atoms with Gasteiger partial charge in [-0.1, -0.05) is 76.6 Å². The van der Waals surface area contributed by atoms with Gasteiger partial charge in [0.2, 0.25) is 0 Å². The molecule has 4 heteroatoms. The van der Waals surface area contributed by atoms with Crippen molar-refractivity contribution in [3.05, 3.63) is 100 Å². The molecular formula is C22H20BrNO2. The average Bonchev–Trinajstić information content (AvgIpc) is 2.68. The summed E-state index contributed by atoms with van der Waals surface area (Å²) in [4.78, 5) is 12.5. The topological polar surface area (TPSA) is 38.3 Å². The van der Waals surface area contributed by atoms with E-state index in [9.17, 15) is 4.79 Å². The average molecular weight is 410 g/mol. The molecule has 1 N–H and O–H groups in total. The maximum atomic E-state index is 12.5. The number of halogens is 1. The first kappa shape index (κ1) is 18.2. The minimum Gasteiger partial charge on any atom is -0.484 e. The molecule has 0 bridgehead atoms. The lowest BCUT2D eigenvalue weighted by atomic mass is 9.99. The molecule has 0 saturated carbocycles. The first-order chi connectivity index (χ1) is 12.6. The summed E-state index contributed by atoms with van der Waals surface area (Å²) in [6.45, 7) is 1.95. The van der Waals surface area contributed by atoms with E-state index in [4.69, 9.17) is 4.74 Å². The lowest BCUT2D eigenvalue weighted by molar-refractivity contribution is -0.123. The number of hydrogen-bond donors (Lipinski definition) is 1. The van der Waals surface area contributed by atoms with Crippen molar-refractivity contribution in [3.63, 3.8) is 0 Å². The van der Waals surface area contributed by atoms with Crippen molar-refractivity contribution in [1.82, 2.24) is 5.32 Å². The fraction of sp³-hybridized carbons (Fsp3) is 0.136. The highest BCUT2D eigenvalue weighted by Crippen LogP contribution is 2.23. The summed E-state index contributed by atoms with van der Waals surface area (Å²) in [6.07, 6.45) is 0. The van der Waals surface area contributed by atoms with Gasteiger partial charge in [0, 0.05) is 4.47 Å². The van der Waals surface area contributed by atoms with E-state index in [0.717, 1.165) is 21.2 Å². The third-order valence-electron chi connectivity index (χ3n) is 4.07. The van der Waals surface area contributed by atoms with Gasteiger partial charge in [-0.3, -0.25) is 4.79 Å². The Morgan fingerprint density at radius 1 is 0.962 bits per heavy atom. The van der Waals surface area contributed by atoms with Gasteiger partial charge in [-0.2, -0.15) is 0 Å². The molecule has 132 valence electrons. The lowest BCUT2D eigenvalue weighted by Crippen LogP contribution is -2.33. The Hall–Kier alpha value is -2.59. The molecule has 1 amide bonds. The van der Waals surface area contributed by atoms with Crippen molar-refractivity contribution in [2.45, 2.75) is 13.0 Å². The number of ether oxygens (including phenoxy) is 1. The molecule has 0 fully saturated rings. The van der Waals surface area contributed by atoms with Crippen LogP contribution in [0.2, 0.25) is 0 Å². The molecule has 0 spiro atoms. The van der Waals surface area contributed by atoms with Gasteiger partial charge in [0.15, 0.2) is 6.61 Å². The van der Waals surface area contributed by atoms with E-state index in [0.29, 0.717) is 5.75 Å². The number of amides is 1. The Bertz CT molecular complexity index is 826. The van der Waals surface area contributed by atoms with Crippen LogP contribution in [-0.4, -0.2) is 12.5 Å².